The SMILES string of the molecule is CCCCCCC/C=C\C/C=C\CCCCCCCCCCCCCCCCCCCCCCCCCC(=O)OC(COC(=O)CCCCCCCCCCCCCCCCCCCCCCCCCCCCCCCCCCCCCCCCCCC)COP(=O)(O)OCC[N+](C)(C)C. The number of carbonyl (C=O) groups is 2. The van der Waals surface area contributed by atoms with Crippen LogP contribution in [0.3, 0.4) is 0 Å². The van der Waals surface area contributed by atoms with Gasteiger partial charge >= 0.3 is 19.8 Å². The summed E-state index contributed by atoms with van der Waals surface area (Å²) in [5.41, 5.74) is 0. The first-order chi connectivity index (χ1) is 49.0. The van der Waals surface area contributed by atoms with E-state index >= 15 is 0 Å². The van der Waals surface area contributed by atoms with Gasteiger partial charge in [0, 0.05) is 12.8 Å². The molecule has 0 radical (unpaired) electrons. The number of nitrogens with zero attached hydrogens (tertiary/aromatic N) is 1. The van der Waals surface area contributed by atoms with Crippen LogP contribution in [0, 0.1) is 0 Å². The lowest BCUT2D eigenvalue weighted by molar-refractivity contribution is -0.870. The number of phosphoric ester groups is 1. The van der Waals surface area contributed by atoms with Crippen LogP contribution in [0.5, 0.6) is 0 Å². The number of hydrogen-bond donors (Lipinski definition) is 1. The van der Waals surface area contributed by atoms with Crippen LogP contribution in [0.4, 0.5) is 0 Å². The topological polar surface area (TPSA) is 108 Å². The summed E-state index contributed by atoms with van der Waals surface area (Å²) in [6.45, 7) is 4.53. The van der Waals surface area contributed by atoms with E-state index in [1.807, 2.05) is 21.1 Å². The number of unbranched alkanes of at least 4 members (excludes halogenated alkanes) is 68. The molecule has 0 heterocycles. The van der Waals surface area contributed by atoms with Crippen LogP contribution in [0.25, 0.3) is 0 Å². The lowest BCUT2D eigenvalue weighted by Gasteiger charge is -2.24. The largest absolute Gasteiger partial charge is 0.472 e. The van der Waals surface area contributed by atoms with E-state index < -0.39 is 26.5 Å². The van der Waals surface area contributed by atoms with Gasteiger partial charge in [0.15, 0.2) is 6.10 Å². The van der Waals surface area contributed by atoms with E-state index in [0.717, 1.165) is 44.9 Å². The molecule has 2 atom stereocenters. The van der Waals surface area contributed by atoms with Crippen LogP contribution >= 0.6 is 7.82 Å². The molecule has 0 fully saturated rings. The monoisotopic (exact) mass is 1430 g/mol. The Kier molecular flexibility index (Phi) is 80.3. The van der Waals surface area contributed by atoms with Gasteiger partial charge in [-0.3, -0.25) is 18.6 Å². The molecule has 0 aromatic heterocycles. The standard InChI is InChI=1S/C90H176NO8P/c1-6-8-10-12-14-16-18-20-22-24-26-28-30-32-34-36-38-40-42-43-44-45-46-47-49-50-52-54-56-58-60-62-64-66-68-70-72-74-76-78-80-82-89(92)96-86-88(87-98-100(94,95)97-85-84-91(3,4)5)99-90(93)83-81-79-77-75-73-71-69-67-65-63-61-59-57-55-53-51-48-41-39-37-35-33-31-29-27-25-23-21-19-17-15-13-11-9-7-2/h19,21,25,27,88H,6-18,20,22-24,26,28-87H2,1-5H3/p+1/b21-19-,27-25-. The second-order valence-corrected chi connectivity index (χ2v) is 33.8. The van der Waals surface area contributed by atoms with E-state index in [1.165, 1.54) is 417 Å². The number of hydrogen-bond acceptors (Lipinski definition) is 7. The van der Waals surface area contributed by atoms with Crippen LogP contribution in [0.2, 0.25) is 0 Å². The first-order valence-electron chi connectivity index (χ1n) is 45.1. The Hall–Kier alpha value is -1.51. The van der Waals surface area contributed by atoms with Gasteiger partial charge < -0.3 is 18.9 Å². The van der Waals surface area contributed by atoms with E-state index in [-0.39, 0.29) is 25.6 Å². The van der Waals surface area contributed by atoms with Gasteiger partial charge in [0.2, 0.25) is 0 Å². The minimum atomic E-state index is -4.39. The van der Waals surface area contributed by atoms with Crippen molar-refractivity contribution in [1.29, 1.82) is 0 Å². The number of carbonyl (C=O) groups excluding carboxylic acids is 2. The lowest BCUT2D eigenvalue weighted by Crippen LogP contribution is -2.37. The average Bonchev–Trinajstić information content (AvgIpc) is 1.65. The summed E-state index contributed by atoms with van der Waals surface area (Å²) in [6, 6.07) is 0. The van der Waals surface area contributed by atoms with E-state index in [4.69, 9.17) is 18.5 Å². The molecule has 100 heavy (non-hydrogen) atoms. The molecule has 0 saturated heterocycles. The highest BCUT2D eigenvalue weighted by molar-refractivity contribution is 7.47. The Bertz CT molecular complexity index is 1730. The highest BCUT2D eigenvalue weighted by atomic mass is 31.2. The number of phosphoric acid groups is 1. The summed E-state index contributed by atoms with van der Waals surface area (Å²) in [4.78, 5) is 36.1. The van der Waals surface area contributed by atoms with Crippen molar-refractivity contribution in [3.05, 3.63) is 24.3 Å². The summed E-state index contributed by atoms with van der Waals surface area (Å²) in [6.07, 6.45) is 107. The predicted octanol–water partition coefficient (Wildman–Crippen LogP) is 30.3. The van der Waals surface area contributed by atoms with Crippen molar-refractivity contribution < 1.29 is 42.1 Å². The molecule has 0 spiro atoms. The molecule has 0 rings (SSSR count). The van der Waals surface area contributed by atoms with Gasteiger partial charge in [-0.15, -0.1) is 0 Å². The second kappa shape index (κ2) is 81.6. The Morgan fingerprint density at radius 3 is 0.790 bits per heavy atom. The lowest BCUT2D eigenvalue weighted by atomic mass is 10.0. The molecule has 0 aromatic carbocycles. The molecule has 0 saturated carbocycles. The predicted molar refractivity (Wildman–Crippen MR) is 437 cm³/mol. The van der Waals surface area contributed by atoms with Crippen molar-refractivity contribution in [2.24, 2.45) is 0 Å². The molecule has 0 aliphatic rings. The number of esters is 2. The summed E-state index contributed by atoms with van der Waals surface area (Å²) in [7, 11) is 1.51. The van der Waals surface area contributed by atoms with Crippen molar-refractivity contribution in [2.45, 2.75) is 495 Å². The van der Waals surface area contributed by atoms with Crippen LogP contribution in [-0.4, -0.2) is 74.9 Å². The maximum absolute atomic E-state index is 12.9. The van der Waals surface area contributed by atoms with Crippen LogP contribution in [0.1, 0.15) is 489 Å². The average molecular weight is 1430 g/mol. The fourth-order valence-corrected chi connectivity index (χ4v) is 14.9. The smallest absolute Gasteiger partial charge is 0.462 e. The first kappa shape index (κ1) is 98.5. The molecule has 0 aromatic rings. The van der Waals surface area contributed by atoms with Gasteiger partial charge in [0.25, 0.3) is 0 Å². The third kappa shape index (κ3) is 85.4. The fourth-order valence-electron chi connectivity index (χ4n) is 14.1. The molecule has 9 nitrogen and oxygen atoms in total. The number of ether oxygens (including phenoxy) is 2. The van der Waals surface area contributed by atoms with Gasteiger partial charge in [0.05, 0.1) is 27.7 Å². The van der Waals surface area contributed by atoms with Gasteiger partial charge in [-0.2, -0.15) is 0 Å². The summed E-state index contributed by atoms with van der Waals surface area (Å²) in [5.74, 6) is -0.766. The summed E-state index contributed by atoms with van der Waals surface area (Å²) < 4.78 is 34.9. The highest BCUT2D eigenvalue weighted by Gasteiger charge is 2.27. The van der Waals surface area contributed by atoms with Crippen LogP contribution in [-0.2, 0) is 32.7 Å². The second-order valence-electron chi connectivity index (χ2n) is 32.4. The third-order valence-corrected chi connectivity index (χ3v) is 22.0. The Morgan fingerprint density at radius 1 is 0.310 bits per heavy atom. The van der Waals surface area contributed by atoms with Crippen molar-refractivity contribution in [3.63, 3.8) is 0 Å². The highest BCUT2D eigenvalue weighted by Crippen LogP contribution is 2.43. The number of rotatable bonds is 86. The van der Waals surface area contributed by atoms with E-state index in [2.05, 4.69) is 38.2 Å². The number of allylic oxidation sites excluding steroid dienone is 4. The van der Waals surface area contributed by atoms with Gasteiger partial charge in [0.1, 0.15) is 19.8 Å². The van der Waals surface area contributed by atoms with Gasteiger partial charge in [-0.1, -0.05) is 456 Å². The molecule has 0 aliphatic heterocycles. The zero-order chi connectivity index (χ0) is 72.5. The molecular weight excluding hydrogens is 1250 g/mol. The van der Waals surface area contributed by atoms with Crippen molar-refractivity contribution in [3.8, 4) is 0 Å². The molecule has 2 unspecified atom stereocenters. The maximum atomic E-state index is 12.9. The maximum Gasteiger partial charge on any atom is 0.472 e. The van der Waals surface area contributed by atoms with Gasteiger partial charge in [-0.05, 0) is 44.9 Å². The molecule has 0 bridgehead atoms. The summed E-state index contributed by atoms with van der Waals surface area (Å²) >= 11 is 0. The van der Waals surface area contributed by atoms with Gasteiger partial charge in [-0.25, -0.2) is 4.57 Å². The van der Waals surface area contributed by atoms with Crippen LogP contribution in [0.15, 0.2) is 24.3 Å². The minimum absolute atomic E-state index is 0.0364. The number of likely N-dealkylation sites (N-methyl/N-ethyl adjacent to an activating group) is 1. The molecule has 10 heteroatoms. The third-order valence-electron chi connectivity index (χ3n) is 21.0. The van der Waals surface area contributed by atoms with E-state index in [0.29, 0.717) is 17.4 Å². The summed E-state index contributed by atoms with van der Waals surface area (Å²) in [5, 5.41) is 0. The molecule has 0 amide bonds. The number of quaternary nitrogens is 1. The van der Waals surface area contributed by atoms with E-state index in [9.17, 15) is 19.0 Å². The minimum Gasteiger partial charge on any atom is -0.462 e. The molecule has 1 N–H and O–H groups in total. The van der Waals surface area contributed by atoms with Crippen molar-refractivity contribution in [2.75, 3.05) is 47.5 Å². The fraction of sp³-hybridized carbons (Fsp3) is 0.933. The van der Waals surface area contributed by atoms with Crippen molar-refractivity contribution in [1.82, 2.24) is 0 Å². The van der Waals surface area contributed by atoms with Crippen molar-refractivity contribution >= 4 is 19.8 Å². The zero-order valence-electron chi connectivity index (χ0n) is 68.2. The normalized spacial score (nSPS) is 13.0. The Labute approximate surface area is 625 Å². The molecule has 594 valence electrons. The Balaban J connectivity index is 3.82. The molecule has 0 aliphatic carbocycles. The first-order valence-corrected chi connectivity index (χ1v) is 46.6. The quantitative estimate of drug-likeness (QED) is 0.0211. The Morgan fingerprint density at radius 2 is 0.540 bits per heavy atom. The van der Waals surface area contributed by atoms with Crippen LogP contribution < -0.4 is 0 Å². The zero-order valence-corrected chi connectivity index (χ0v) is 69.1. The molecular formula is C90H177NO8P+. The van der Waals surface area contributed by atoms with E-state index in [1.54, 1.807) is 0 Å².